The van der Waals surface area contributed by atoms with Gasteiger partial charge >= 0.3 is 0 Å². The molecule has 0 aliphatic heterocycles. The molecule has 6 heteroatoms. The molecule has 4 rings (SSSR count). The highest BCUT2D eigenvalue weighted by Gasteiger charge is 2.37. The fraction of sp³-hybridized carbons (Fsp3) is 0.286. The molecule has 0 bridgehead atoms. The molecule has 0 N–H and O–H groups in total. The molecule has 0 fully saturated rings. The van der Waals surface area contributed by atoms with Crippen molar-refractivity contribution in [2.24, 2.45) is 0 Å². The van der Waals surface area contributed by atoms with Crippen molar-refractivity contribution in [3.8, 4) is 22.5 Å². The second kappa shape index (κ2) is 8.19. The lowest BCUT2D eigenvalue weighted by Gasteiger charge is -2.26. The first-order chi connectivity index (χ1) is 15.8. The van der Waals surface area contributed by atoms with Gasteiger partial charge in [0.25, 0.3) is 0 Å². The Kier molecular flexibility index (Phi) is 5.75. The summed E-state index contributed by atoms with van der Waals surface area (Å²) in [4.78, 5) is 4.73. The highest BCUT2D eigenvalue weighted by molar-refractivity contribution is 5.84. The van der Waals surface area contributed by atoms with Gasteiger partial charge in [-0.25, -0.2) is 22.5 Å². The molecule has 176 valence electrons. The van der Waals surface area contributed by atoms with E-state index in [1.807, 2.05) is 46.1 Å². The minimum atomic E-state index is -1.00. The van der Waals surface area contributed by atoms with Gasteiger partial charge in [0.2, 0.25) is 11.2 Å². The Balaban J connectivity index is 2.27. The molecule has 0 atom stereocenters. The third-order valence-corrected chi connectivity index (χ3v) is 5.77. The Hall–Kier alpha value is -3.28. The topological polar surface area (TPSA) is 16.8 Å². The van der Waals surface area contributed by atoms with E-state index in [1.165, 1.54) is 24.3 Å². The third kappa shape index (κ3) is 4.29. The van der Waals surface area contributed by atoms with Crippen molar-refractivity contribution in [1.82, 2.24) is 4.98 Å². The average Bonchev–Trinajstić information content (AvgIpc) is 2.73. The number of hydrogen-bond acceptors (Lipinski definition) is 1. The summed E-state index contributed by atoms with van der Waals surface area (Å²) in [6.45, 7) is 11.8. The minimum Gasteiger partial charge on any atom is -0.234 e. The van der Waals surface area contributed by atoms with Crippen molar-refractivity contribution in [1.29, 1.82) is 0 Å². The number of benzene rings is 3. The van der Waals surface area contributed by atoms with Crippen LogP contribution in [0.3, 0.4) is 0 Å². The summed E-state index contributed by atoms with van der Waals surface area (Å²) in [5.74, 6) is -2.76. The molecule has 2 nitrogen and oxygen atoms in total. The Morgan fingerprint density at radius 1 is 0.706 bits per heavy atom. The molecule has 1 aromatic heterocycles. The summed E-state index contributed by atoms with van der Waals surface area (Å²) in [5.41, 5.74) is 2.75. The number of nitrogens with zero attached hydrogens (tertiary/aromatic N) is 2. The SMILES string of the molecule is CC(C)(C)c1cc(F)ccc1-c1c(-c2ccc(F)cc2)nc2cc(F)c(F)cc2[n+]1C(C)(C)C. The van der Waals surface area contributed by atoms with Gasteiger partial charge < -0.3 is 0 Å². The molecule has 0 amide bonds. The maximum absolute atomic E-state index is 14.4. The molecule has 0 radical (unpaired) electrons. The number of halogens is 4. The summed E-state index contributed by atoms with van der Waals surface area (Å²) in [7, 11) is 0. The van der Waals surface area contributed by atoms with E-state index in [4.69, 9.17) is 4.98 Å². The predicted octanol–water partition coefficient (Wildman–Crippen LogP) is 7.47. The van der Waals surface area contributed by atoms with Crippen LogP contribution < -0.4 is 4.57 Å². The van der Waals surface area contributed by atoms with Gasteiger partial charge in [-0.3, -0.25) is 0 Å². The summed E-state index contributed by atoms with van der Waals surface area (Å²) in [5, 5.41) is 0. The summed E-state index contributed by atoms with van der Waals surface area (Å²) < 4.78 is 58.7. The van der Waals surface area contributed by atoms with Gasteiger partial charge in [-0.15, -0.1) is 0 Å². The molecule has 0 saturated heterocycles. The first-order valence-electron chi connectivity index (χ1n) is 11.1. The number of rotatable bonds is 2. The van der Waals surface area contributed by atoms with Gasteiger partial charge in [0.1, 0.15) is 22.8 Å². The lowest BCUT2D eigenvalue weighted by molar-refractivity contribution is -0.720. The van der Waals surface area contributed by atoms with Crippen molar-refractivity contribution in [3.63, 3.8) is 0 Å². The molecule has 0 saturated carbocycles. The van der Waals surface area contributed by atoms with Crippen LogP contribution >= 0.6 is 0 Å². The van der Waals surface area contributed by atoms with Gasteiger partial charge in [0.15, 0.2) is 17.2 Å². The highest BCUT2D eigenvalue weighted by atomic mass is 19.2. The van der Waals surface area contributed by atoms with E-state index in [9.17, 15) is 17.6 Å². The summed E-state index contributed by atoms with van der Waals surface area (Å²) in [6, 6.07) is 12.6. The van der Waals surface area contributed by atoms with E-state index in [0.29, 0.717) is 28.0 Å². The average molecular weight is 468 g/mol. The van der Waals surface area contributed by atoms with E-state index in [1.54, 1.807) is 18.2 Å². The Morgan fingerprint density at radius 3 is 1.88 bits per heavy atom. The predicted molar refractivity (Wildman–Crippen MR) is 126 cm³/mol. The maximum Gasteiger partial charge on any atom is 0.240 e. The van der Waals surface area contributed by atoms with E-state index < -0.39 is 28.4 Å². The zero-order chi connectivity index (χ0) is 25.0. The van der Waals surface area contributed by atoms with Crippen LogP contribution in [0.4, 0.5) is 17.6 Å². The van der Waals surface area contributed by atoms with E-state index >= 15 is 0 Å². The second-order valence-corrected chi connectivity index (χ2v) is 10.5. The second-order valence-electron chi connectivity index (χ2n) is 10.5. The molecule has 34 heavy (non-hydrogen) atoms. The first-order valence-corrected chi connectivity index (χ1v) is 11.1. The molecule has 0 spiro atoms. The number of hydrogen-bond donors (Lipinski definition) is 0. The van der Waals surface area contributed by atoms with E-state index in [0.717, 1.165) is 17.7 Å². The Labute approximate surface area is 196 Å². The van der Waals surface area contributed by atoms with Gasteiger partial charge in [-0.05, 0) is 53.4 Å². The molecule has 0 aliphatic carbocycles. The maximum atomic E-state index is 14.4. The zero-order valence-corrected chi connectivity index (χ0v) is 20.1. The highest BCUT2D eigenvalue weighted by Crippen LogP contribution is 2.38. The lowest BCUT2D eigenvalue weighted by atomic mass is 9.81. The number of fused-ring (bicyclic) bond motifs is 1. The van der Waals surface area contributed by atoms with Crippen LogP contribution in [0.2, 0.25) is 0 Å². The van der Waals surface area contributed by atoms with Crippen molar-refractivity contribution in [3.05, 3.63) is 83.4 Å². The third-order valence-electron chi connectivity index (χ3n) is 5.77. The van der Waals surface area contributed by atoms with Gasteiger partial charge in [0, 0.05) is 32.4 Å². The molecule has 0 unspecified atom stereocenters. The van der Waals surface area contributed by atoms with Crippen LogP contribution in [0.5, 0.6) is 0 Å². The van der Waals surface area contributed by atoms with Crippen LogP contribution in [0, 0.1) is 23.3 Å². The van der Waals surface area contributed by atoms with E-state index in [2.05, 4.69) is 0 Å². The summed E-state index contributed by atoms with van der Waals surface area (Å²) in [6.07, 6.45) is 0. The lowest BCUT2D eigenvalue weighted by Crippen LogP contribution is -2.53. The van der Waals surface area contributed by atoms with Crippen molar-refractivity contribution in [2.45, 2.75) is 52.5 Å². The van der Waals surface area contributed by atoms with Crippen LogP contribution in [0.25, 0.3) is 33.5 Å². The monoisotopic (exact) mass is 467 g/mol. The van der Waals surface area contributed by atoms with Crippen molar-refractivity contribution < 1.29 is 22.1 Å². The fourth-order valence-electron chi connectivity index (χ4n) is 4.29. The van der Waals surface area contributed by atoms with Crippen molar-refractivity contribution >= 4 is 11.0 Å². The number of aromatic nitrogens is 2. The normalized spacial score (nSPS) is 12.4. The van der Waals surface area contributed by atoms with Crippen LogP contribution in [0.1, 0.15) is 47.1 Å². The molecule has 0 aliphatic rings. The molecular weight excluding hydrogens is 440 g/mol. The quantitative estimate of drug-likeness (QED) is 0.221. The summed E-state index contributed by atoms with van der Waals surface area (Å²) >= 11 is 0. The molecular formula is C28H27F4N2+. The van der Waals surface area contributed by atoms with E-state index in [-0.39, 0.29) is 11.3 Å². The first kappa shape index (κ1) is 23.9. The van der Waals surface area contributed by atoms with Crippen LogP contribution in [-0.2, 0) is 11.0 Å². The molecule has 1 heterocycles. The molecule has 4 aromatic rings. The minimum absolute atomic E-state index is 0.260. The molecule has 3 aromatic carbocycles. The van der Waals surface area contributed by atoms with Gasteiger partial charge in [0.05, 0.1) is 11.6 Å². The van der Waals surface area contributed by atoms with Crippen molar-refractivity contribution in [2.75, 3.05) is 0 Å². The Bertz CT molecular complexity index is 1400. The van der Waals surface area contributed by atoms with Crippen LogP contribution in [0.15, 0.2) is 54.6 Å². The zero-order valence-electron chi connectivity index (χ0n) is 20.1. The fourth-order valence-corrected chi connectivity index (χ4v) is 4.29. The smallest absolute Gasteiger partial charge is 0.234 e. The largest absolute Gasteiger partial charge is 0.240 e. The van der Waals surface area contributed by atoms with Gasteiger partial charge in [-0.2, -0.15) is 4.57 Å². The standard InChI is InChI=1S/C28H27F4N2/c1-27(2,3)20-13-18(30)11-12-19(20)26-25(16-7-9-17(29)10-8-16)33-23-14-21(31)22(32)15-24(23)34(26)28(4,5)6/h7-15H,1-6H3/q+1. The van der Waals surface area contributed by atoms with Gasteiger partial charge in [-0.1, -0.05) is 20.8 Å². The van der Waals surface area contributed by atoms with Crippen LogP contribution in [-0.4, -0.2) is 4.98 Å². The Morgan fingerprint density at radius 2 is 1.29 bits per heavy atom.